The van der Waals surface area contributed by atoms with E-state index in [2.05, 4.69) is 41.6 Å². The standard InChI is InChI=1S/C16H25BrN6O2S/c1-3-25-10-8-19-14-12-11-20-23(15(12)22-16(21-14)26-2)9-7-18-13(24)5-4-6-17/h11H,3-10H2,1-2H3,(H,18,24)(H,19,21,22). The first-order valence-corrected chi connectivity index (χ1v) is 11.0. The Balaban J connectivity index is 2.05. The van der Waals surface area contributed by atoms with E-state index in [-0.39, 0.29) is 5.91 Å². The Morgan fingerprint density at radius 3 is 2.96 bits per heavy atom. The fourth-order valence-corrected chi connectivity index (χ4v) is 2.97. The maximum Gasteiger partial charge on any atom is 0.220 e. The Kier molecular flexibility index (Phi) is 9.13. The van der Waals surface area contributed by atoms with Crippen LogP contribution in [0.15, 0.2) is 11.4 Å². The van der Waals surface area contributed by atoms with Gasteiger partial charge in [0.05, 0.1) is 24.7 Å². The van der Waals surface area contributed by atoms with Crippen LogP contribution in [-0.4, -0.2) is 63.5 Å². The molecule has 2 aromatic heterocycles. The van der Waals surface area contributed by atoms with Crippen molar-refractivity contribution in [1.82, 2.24) is 25.1 Å². The summed E-state index contributed by atoms with van der Waals surface area (Å²) in [6.45, 7) is 5.03. The van der Waals surface area contributed by atoms with E-state index in [0.29, 0.717) is 44.4 Å². The van der Waals surface area contributed by atoms with Gasteiger partial charge in [0, 0.05) is 31.4 Å². The van der Waals surface area contributed by atoms with Gasteiger partial charge >= 0.3 is 0 Å². The van der Waals surface area contributed by atoms with E-state index in [1.807, 2.05) is 13.2 Å². The molecular formula is C16H25BrN6O2S. The molecule has 0 aliphatic heterocycles. The summed E-state index contributed by atoms with van der Waals surface area (Å²) in [5.74, 6) is 0.810. The predicted octanol–water partition coefficient (Wildman–Crippen LogP) is 2.29. The maximum atomic E-state index is 11.7. The third kappa shape index (κ3) is 6.10. The molecule has 0 radical (unpaired) electrons. The zero-order valence-electron chi connectivity index (χ0n) is 15.1. The summed E-state index contributed by atoms with van der Waals surface area (Å²) in [4.78, 5) is 20.8. The van der Waals surface area contributed by atoms with Gasteiger partial charge in [-0.3, -0.25) is 4.79 Å². The number of hydrogen-bond acceptors (Lipinski definition) is 7. The van der Waals surface area contributed by atoms with Crippen molar-refractivity contribution >= 4 is 50.5 Å². The molecule has 0 aromatic carbocycles. The van der Waals surface area contributed by atoms with Crippen molar-refractivity contribution < 1.29 is 9.53 Å². The molecule has 26 heavy (non-hydrogen) atoms. The minimum absolute atomic E-state index is 0.0543. The third-order valence-corrected chi connectivity index (χ3v) is 4.69. The number of amides is 1. The smallest absolute Gasteiger partial charge is 0.220 e. The van der Waals surface area contributed by atoms with Crippen LogP contribution in [0.25, 0.3) is 11.0 Å². The Hall–Kier alpha value is -1.39. The largest absolute Gasteiger partial charge is 0.380 e. The van der Waals surface area contributed by atoms with Crippen molar-refractivity contribution in [2.75, 3.05) is 43.2 Å². The fraction of sp³-hybridized carbons (Fsp3) is 0.625. The van der Waals surface area contributed by atoms with Crippen LogP contribution in [0.2, 0.25) is 0 Å². The first-order chi connectivity index (χ1) is 12.7. The van der Waals surface area contributed by atoms with Gasteiger partial charge in [-0.2, -0.15) is 5.10 Å². The van der Waals surface area contributed by atoms with Crippen LogP contribution in [-0.2, 0) is 16.1 Å². The Labute approximate surface area is 166 Å². The highest BCUT2D eigenvalue weighted by atomic mass is 79.9. The molecule has 1 amide bonds. The average molecular weight is 445 g/mol. The van der Waals surface area contributed by atoms with Gasteiger partial charge in [-0.1, -0.05) is 27.7 Å². The zero-order valence-corrected chi connectivity index (χ0v) is 17.5. The minimum atomic E-state index is 0.0543. The van der Waals surface area contributed by atoms with E-state index in [1.165, 1.54) is 11.8 Å². The number of anilines is 1. The summed E-state index contributed by atoms with van der Waals surface area (Å²) in [6.07, 6.45) is 5.06. The summed E-state index contributed by atoms with van der Waals surface area (Å²) in [6, 6.07) is 0. The molecule has 0 unspecified atom stereocenters. The van der Waals surface area contributed by atoms with Crippen LogP contribution in [0.4, 0.5) is 5.82 Å². The lowest BCUT2D eigenvalue weighted by Gasteiger charge is -2.09. The molecule has 0 saturated heterocycles. The average Bonchev–Trinajstić information content (AvgIpc) is 3.06. The summed E-state index contributed by atoms with van der Waals surface area (Å²) < 4.78 is 7.16. The second-order valence-electron chi connectivity index (χ2n) is 5.43. The molecule has 0 saturated carbocycles. The minimum Gasteiger partial charge on any atom is -0.380 e. The number of ether oxygens (including phenoxy) is 1. The molecule has 0 fully saturated rings. The van der Waals surface area contributed by atoms with Crippen molar-refractivity contribution in [2.45, 2.75) is 31.5 Å². The number of alkyl halides is 1. The molecule has 10 heteroatoms. The van der Waals surface area contributed by atoms with Crippen LogP contribution in [0.5, 0.6) is 0 Å². The lowest BCUT2D eigenvalue weighted by atomic mass is 10.3. The van der Waals surface area contributed by atoms with Crippen molar-refractivity contribution in [2.24, 2.45) is 0 Å². The predicted molar refractivity (Wildman–Crippen MR) is 108 cm³/mol. The van der Waals surface area contributed by atoms with E-state index in [9.17, 15) is 4.79 Å². The number of rotatable bonds is 12. The number of aromatic nitrogens is 4. The summed E-state index contributed by atoms with van der Waals surface area (Å²) in [7, 11) is 0. The van der Waals surface area contributed by atoms with Crippen LogP contribution in [0.3, 0.4) is 0 Å². The number of carbonyl (C=O) groups excluding carboxylic acids is 1. The Bertz CT molecular complexity index is 711. The molecular weight excluding hydrogens is 420 g/mol. The van der Waals surface area contributed by atoms with Crippen LogP contribution < -0.4 is 10.6 Å². The molecule has 2 rings (SSSR count). The number of nitrogens with zero attached hydrogens (tertiary/aromatic N) is 4. The van der Waals surface area contributed by atoms with Gasteiger partial charge in [-0.25, -0.2) is 14.6 Å². The molecule has 0 atom stereocenters. The number of nitrogens with one attached hydrogen (secondary N) is 2. The van der Waals surface area contributed by atoms with Crippen molar-refractivity contribution in [3.8, 4) is 0 Å². The van der Waals surface area contributed by atoms with E-state index >= 15 is 0 Å². The van der Waals surface area contributed by atoms with Crippen molar-refractivity contribution in [1.29, 1.82) is 0 Å². The third-order valence-electron chi connectivity index (χ3n) is 3.58. The highest BCUT2D eigenvalue weighted by Crippen LogP contribution is 2.23. The quantitative estimate of drug-likeness (QED) is 0.224. The summed E-state index contributed by atoms with van der Waals surface area (Å²) in [5, 5.41) is 13.0. The summed E-state index contributed by atoms with van der Waals surface area (Å²) >= 11 is 4.81. The molecule has 0 aliphatic rings. The summed E-state index contributed by atoms with van der Waals surface area (Å²) in [5.41, 5.74) is 0.762. The normalized spacial score (nSPS) is 11.0. The van der Waals surface area contributed by atoms with E-state index in [4.69, 9.17) is 4.74 Å². The lowest BCUT2D eigenvalue weighted by Crippen LogP contribution is -2.27. The number of halogens is 1. The molecule has 0 spiro atoms. The van der Waals surface area contributed by atoms with Crippen LogP contribution in [0, 0.1) is 0 Å². The van der Waals surface area contributed by atoms with Gasteiger partial charge in [0.25, 0.3) is 0 Å². The molecule has 2 N–H and O–H groups in total. The van der Waals surface area contributed by atoms with Gasteiger partial charge in [-0.05, 0) is 19.6 Å². The van der Waals surface area contributed by atoms with Gasteiger partial charge in [0.15, 0.2) is 10.8 Å². The van der Waals surface area contributed by atoms with E-state index in [1.54, 1.807) is 10.9 Å². The fourth-order valence-electron chi connectivity index (χ4n) is 2.33. The lowest BCUT2D eigenvalue weighted by molar-refractivity contribution is -0.121. The molecule has 2 heterocycles. The zero-order chi connectivity index (χ0) is 18.8. The van der Waals surface area contributed by atoms with Crippen molar-refractivity contribution in [3.63, 3.8) is 0 Å². The topological polar surface area (TPSA) is 94.0 Å². The van der Waals surface area contributed by atoms with E-state index in [0.717, 1.165) is 28.6 Å². The SMILES string of the molecule is CCOCCNc1nc(SC)nc2c1cnn2CCNC(=O)CCCBr. The maximum absolute atomic E-state index is 11.7. The van der Waals surface area contributed by atoms with Crippen LogP contribution >= 0.6 is 27.7 Å². The van der Waals surface area contributed by atoms with Gasteiger partial charge in [0.1, 0.15) is 5.82 Å². The Morgan fingerprint density at radius 2 is 2.23 bits per heavy atom. The Morgan fingerprint density at radius 1 is 1.38 bits per heavy atom. The van der Waals surface area contributed by atoms with E-state index < -0.39 is 0 Å². The van der Waals surface area contributed by atoms with Gasteiger partial charge in [-0.15, -0.1) is 0 Å². The second kappa shape index (κ2) is 11.3. The van der Waals surface area contributed by atoms with Gasteiger partial charge < -0.3 is 15.4 Å². The highest BCUT2D eigenvalue weighted by Gasteiger charge is 2.13. The number of thioether (sulfide) groups is 1. The highest BCUT2D eigenvalue weighted by molar-refractivity contribution is 9.09. The molecule has 144 valence electrons. The first-order valence-electron chi connectivity index (χ1n) is 8.61. The van der Waals surface area contributed by atoms with Crippen LogP contribution in [0.1, 0.15) is 19.8 Å². The number of fused-ring (bicyclic) bond motifs is 1. The number of carbonyl (C=O) groups is 1. The monoisotopic (exact) mass is 444 g/mol. The first kappa shape index (κ1) is 20.9. The number of hydrogen-bond donors (Lipinski definition) is 2. The molecule has 0 bridgehead atoms. The molecule has 0 aliphatic carbocycles. The molecule has 2 aromatic rings. The van der Waals surface area contributed by atoms with Gasteiger partial charge in [0.2, 0.25) is 5.91 Å². The second-order valence-corrected chi connectivity index (χ2v) is 7.00. The van der Waals surface area contributed by atoms with Crippen molar-refractivity contribution in [3.05, 3.63) is 6.20 Å². The molecule has 8 nitrogen and oxygen atoms in total.